The molecule has 1 atom stereocenters. The lowest BCUT2D eigenvalue weighted by Gasteiger charge is -2.21. The van der Waals surface area contributed by atoms with Gasteiger partial charge in [0.15, 0.2) is 0 Å². The molecule has 1 amide bonds. The predicted octanol–water partition coefficient (Wildman–Crippen LogP) is 2.48. The maximum Gasteiger partial charge on any atom is 0.251 e. The van der Waals surface area contributed by atoms with E-state index in [0.717, 1.165) is 18.4 Å². The lowest BCUT2D eigenvalue weighted by atomic mass is 10.2. The average molecular weight is 254 g/mol. The van der Waals surface area contributed by atoms with Gasteiger partial charge in [-0.15, -0.1) is 0 Å². The topological polar surface area (TPSA) is 29.5 Å². The summed E-state index contributed by atoms with van der Waals surface area (Å²) in [6.07, 6.45) is 1.53. The van der Waals surface area contributed by atoms with Gasteiger partial charge in [-0.3, -0.25) is 4.79 Å². The summed E-state index contributed by atoms with van der Waals surface area (Å²) in [4.78, 5) is 13.7. The third-order valence-corrected chi connectivity index (χ3v) is 3.32. The molecular weight excluding hydrogens is 238 g/mol. The summed E-state index contributed by atoms with van der Waals surface area (Å²) in [5.41, 5.74) is 0.961. The molecule has 0 aliphatic carbocycles. The zero-order valence-electron chi connectivity index (χ0n) is 9.86. The Morgan fingerprint density at radius 3 is 2.94 bits per heavy atom. The van der Waals surface area contributed by atoms with Gasteiger partial charge in [0, 0.05) is 25.2 Å². The lowest BCUT2D eigenvalue weighted by Crippen LogP contribution is -2.35. The highest BCUT2D eigenvalue weighted by molar-refractivity contribution is 6.31. The summed E-state index contributed by atoms with van der Waals surface area (Å²) >= 11 is 6.06. The molecule has 0 spiro atoms. The van der Waals surface area contributed by atoms with Crippen LogP contribution in [0.25, 0.3) is 0 Å². The molecule has 0 saturated carbocycles. The van der Waals surface area contributed by atoms with Crippen molar-refractivity contribution in [2.45, 2.75) is 25.5 Å². The first-order chi connectivity index (χ1) is 8.18. The zero-order valence-corrected chi connectivity index (χ0v) is 10.6. The second-order valence-electron chi connectivity index (χ2n) is 4.29. The van der Waals surface area contributed by atoms with E-state index < -0.39 is 0 Å². The third-order valence-electron chi connectivity index (χ3n) is 2.95. The highest BCUT2D eigenvalue weighted by Gasteiger charge is 2.26. The van der Waals surface area contributed by atoms with E-state index >= 15 is 0 Å². The van der Waals surface area contributed by atoms with Crippen LogP contribution in [0.4, 0.5) is 0 Å². The van der Waals surface area contributed by atoms with Crippen molar-refractivity contribution < 1.29 is 9.53 Å². The molecule has 1 aromatic carbocycles. The minimum atomic E-state index is -0.262. The summed E-state index contributed by atoms with van der Waals surface area (Å²) in [5, 5.41) is 0.694. The van der Waals surface area contributed by atoms with Crippen LogP contribution in [0.3, 0.4) is 0 Å². The van der Waals surface area contributed by atoms with Crippen molar-refractivity contribution in [3.05, 3.63) is 34.9 Å². The molecule has 0 radical (unpaired) electrons. The fourth-order valence-corrected chi connectivity index (χ4v) is 2.17. The van der Waals surface area contributed by atoms with Gasteiger partial charge in [0.2, 0.25) is 0 Å². The van der Waals surface area contributed by atoms with E-state index in [4.69, 9.17) is 16.3 Å². The van der Waals surface area contributed by atoms with Gasteiger partial charge in [-0.1, -0.05) is 29.8 Å². The van der Waals surface area contributed by atoms with Gasteiger partial charge in [-0.2, -0.15) is 0 Å². The standard InChI is InChI=1S/C13H16ClNO2/c1-15(13(16)12-7-4-8-17-12)9-10-5-2-3-6-11(10)14/h2-3,5-6,12H,4,7-9H2,1H3. The maximum absolute atomic E-state index is 12.0. The maximum atomic E-state index is 12.0. The molecule has 1 fully saturated rings. The van der Waals surface area contributed by atoms with Crippen molar-refractivity contribution >= 4 is 17.5 Å². The van der Waals surface area contributed by atoms with Gasteiger partial charge in [0.05, 0.1) is 0 Å². The number of carbonyl (C=O) groups excluding carboxylic acids is 1. The van der Waals surface area contributed by atoms with E-state index in [1.807, 2.05) is 24.3 Å². The number of ether oxygens (including phenoxy) is 1. The van der Waals surface area contributed by atoms with Crippen molar-refractivity contribution in [2.24, 2.45) is 0 Å². The van der Waals surface area contributed by atoms with Crippen molar-refractivity contribution in [3.8, 4) is 0 Å². The summed E-state index contributed by atoms with van der Waals surface area (Å²) in [5.74, 6) is 0.0439. The SMILES string of the molecule is CN(Cc1ccccc1Cl)C(=O)C1CCCO1. The summed E-state index contributed by atoms with van der Waals surface area (Å²) in [6, 6.07) is 7.57. The Morgan fingerprint density at radius 1 is 1.53 bits per heavy atom. The molecule has 0 N–H and O–H groups in total. The fourth-order valence-electron chi connectivity index (χ4n) is 1.98. The first-order valence-electron chi connectivity index (χ1n) is 5.78. The number of carbonyl (C=O) groups is 1. The van der Waals surface area contributed by atoms with Crippen molar-refractivity contribution in [3.63, 3.8) is 0 Å². The van der Waals surface area contributed by atoms with Crippen LogP contribution in [0.2, 0.25) is 5.02 Å². The number of hydrogen-bond acceptors (Lipinski definition) is 2. The zero-order chi connectivity index (χ0) is 12.3. The van der Waals surface area contributed by atoms with Crippen molar-refractivity contribution in [1.82, 2.24) is 4.90 Å². The molecule has 2 rings (SSSR count). The van der Waals surface area contributed by atoms with Crippen molar-refractivity contribution in [2.75, 3.05) is 13.7 Å². The Hall–Kier alpha value is -1.06. The number of rotatable bonds is 3. The van der Waals surface area contributed by atoms with Crippen LogP contribution in [0.5, 0.6) is 0 Å². The van der Waals surface area contributed by atoms with Crippen LogP contribution in [0, 0.1) is 0 Å². The van der Waals surface area contributed by atoms with Crippen LogP contribution < -0.4 is 0 Å². The van der Waals surface area contributed by atoms with E-state index in [2.05, 4.69) is 0 Å². The Bertz CT molecular complexity index is 402. The predicted molar refractivity (Wildman–Crippen MR) is 66.9 cm³/mol. The molecule has 1 saturated heterocycles. The molecule has 17 heavy (non-hydrogen) atoms. The smallest absolute Gasteiger partial charge is 0.251 e. The van der Waals surface area contributed by atoms with Gasteiger partial charge in [0.1, 0.15) is 6.10 Å². The van der Waals surface area contributed by atoms with E-state index in [-0.39, 0.29) is 12.0 Å². The molecular formula is C13H16ClNO2. The van der Waals surface area contributed by atoms with Crippen molar-refractivity contribution in [1.29, 1.82) is 0 Å². The molecule has 0 aromatic heterocycles. The third kappa shape index (κ3) is 2.99. The second kappa shape index (κ2) is 5.52. The quantitative estimate of drug-likeness (QED) is 0.828. The summed E-state index contributed by atoms with van der Waals surface area (Å²) in [6.45, 7) is 1.22. The van der Waals surface area contributed by atoms with Gasteiger partial charge >= 0.3 is 0 Å². The number of benzene rings is 1. The number of likely N-dealkylation sites (N-methyl/N-ethyl adjacent to an activating group) is 1. The minimum absolute atomic E-state index is 0.0439. The van der Waals surface area contributed by atoms with Crippen LogP contribution >= 0.6 is 11.6 Å². The van der Waals surface area contributed by atoms with E-state index in [0.29, 0.717) is 18.2 Å². The summed E-state index contributed by atoms with van der Waals surface area (Å²) < 4.78 is 5.38. The Kier molecular flexibility index (Phi) is 4.02. The van der Waals surface area contributed by atoms with Crippen LogP contribution in [0.1, 0.15) is 18.4 Å². The van der Waals surface area contributed by atoms with Crippen LogP contribution in [-0.4, -0.2) is 30.6 Å². The lowest BCUT2D eigenvalue weighted by molar-refractivity contribution is -0.140. The number of nitrogens with zero attached hydrogens (tertiary/aromatic N) is 1. The molecule has 3 nitrogen and oxygen atoms in total. The van der Waals surface area contributed by atoms with Crippen LogP contribution in [0.15, 0.2) is 24.3 Å². The van der Waals surface area contributed by atoms with E-state index in [1.165, 1.54) is 0 Å². The Morgan fingerprint density at radius 2 is 2.29 bits per heavy atom. The number of hydrogen-bond donors (Lipinski definition) is 0. The van der Waals surface area contributed by atoms with Gasteiger partial charge in [-0.05, 0) is 24.5 Å². The Labute approximate surface area is 106 Å². The second-order valence-corrected chi connectivity index (χ2v) is 4.69. The first kappa shape index (κ1) is 12.4. The molecule has 1 aromatic rings. The van der Waals surface area contributed by atoms with Crippen LogP contribution in [-0.2, 0) is 16.1 Å². The minimum Gasteiger partial charge on any atom is -0.368 e. The normalized spacial score (nSPS) is 19.3. The number of halogens is 1. The molecule has 4 heteroatoms. The molecule has 0 bridgehead atoms. The summed E-state index contributed by atoms with van der Waals surface area (Å²) in [7, 11) is 1.79. The first-order valence-corrected chi connectivity index (χ1v) is 6.16. The van der Waals surface area contributed by atoms with Gasteiger partial charge in [-0.25, -0.2) is 0 Å². The molecule has 1 heterocycles. The largest absolute Gasteiger partial charge is 0.368 e. The van der Waals surface area contributed by atoms with Gasteiger partial charge < -0.3 is 9.64 Å². The molecule has 92 valence electrons. The highest BCUT2D eigenvalue weighted by Crippen LogP contribution is 2.19. The Balaban J connectivity index is 1.99. The van der Waals surface area contributed by atoms with Gasteiger partial charge in [0.25, 0.3) is 5.91 Å². The molecule has 1 aliphatic heterocycles. The van der Waals surface area contributed by atoms with E-state index in [1.54, 1.807) is 11.9 Å². The molecule has 1 aliphatic rings. The number of amides is 1. The van der Waals surface area contributed by atoms with E-state index in [9.17, 15) is 4.79 Å². The highest BCUT2D eigenvalue weighted by atomic mass is 35.5. The fraction of sp³-hybridized carbons (Fsp3) is 0.462. The molecule has 1 unspecified atom stereocenters. The average Bonchev–Trinajstić information content (AvgIpc) is 2.84. The monoisotopic (exact) mass is 253 g/mol.